The van der Waals surface area contributed by atoms with Crippen LogP contribution < -0.4 is 11.2 Å². The zero-order valence-electron chi connectivity index (χ0n) is 20.2. The minimum atomic E-state index is -0.729. The molecule has 0 saturated heterocycles. The molecule has 182 valence electrons. The van der Waals surface area contributed by atoms with E-state index in [1.54, 1.807) is 23.2 Å². The fourth-order valence-electron chi connectivity index (χ4n) is 5.05. The van der Waals surface area contributed by atoms with Gasteiger partial charge in [-0.25, -0.2) is 9.99 Å². The van der Waals surface area contributed by atoms with E-state index in [-0.39, 0.29) is 27.7 Å². The zero-order chi connectivity index (χ0) is 25.8. The highest BCUT2D eigenvalue weighted by Crippen LogP contribution is 2.50. The Morgan fingerprint density at radius 1 is 1.14 bits per heavy atom. The Bertz CT molecular complexity index is 1520. The van der Waals surface area contributed by atoms with Crippen LogP contribution in [0.3, 0.4) is 0 Å². The Morgan fingerprint density at radius 2 is 1.86 bits per heavy atom. The summed E-state index contributed by atoms with van der Waals surface area (Å²) in [6.45, 7) is 6.12. The van der Waals surface area contributed by atoms with E-state index in [1.807, 2.05) is 37.3 Å². The molecule has 1 unspecified atom stereocenters. The summed E-state index contributed by atoms with van der Waals surface area (Å²) in [5.74, 6) is -0.535. The van der Waals surface area contributed by atoms with E-state index in [4.69, 9.17) is 28.9 Å². The molecule has 0 amide bonds. The first-order chi connectivity index (χ1) is 17.1. The summed E-state index contributed by atoms with van der Waals surface area (Å²) in [6.07, 6.45) is 0.942. The van der Waals surface area contributed by atoms with E-state index in [2.05, 4.69) is 30.3 Å². The maximum Gasteiger partial charge on any atom is 0.162 e. The average Bonchev–Trinajstić information content (AvgIpc) is 2.81. The standard InChI is InChI=1S/C28H25Cl2N5O/c1-15-4-7-18(8-5-15)34-35-22-12-28(2,3)13-23(36)25(22)24(20(14-31)27(35)32)19-11-16-10-17(29)6-9-21(16)33-26(19)30/h4-11,24,34H,12-13,32H2,1-3H3. The quantitative estimate of drug-likeness (QED) is 0.379. The van der Waals surface area contributed by atoms with Crippen molar-refractivity contribution in [2.75, 3.05) is 5.43 Å². The Labute approximate surface area is 220 Å². The van der Waals surface area contributed by atoms with Crippen LogP contribution in [0.4, 0.5) is 5.69 Å². The smallest absolute Gasteiger partial charge is 0.162 e. The third-order valence-electron chi connectivity index (χ3n) is 6.74. The molecule has 0 bridgehead atoms. The van der Waals surface area contributed by atoms with Gasteiger partial charge in [0.2, 0.25) is 0 Å². The number of hydrogen-bond acceptors (Lipinski definition) is 6. The van der Waals surface area contributed by atoms with E-state index in [1.165, 1.54) is 0 Å². The second kappa shape index (κ2) is 8.85. The molecule has 2 heterocycles. The van der Waals surface area contributed by atoms with Crippen molar-refractivity contribution in [3.63, 3.8) is 0 Å². The second-order valence-corrected chi connectivity index (χ2v) is 11.0. The van der Waals surface area contributed by atoms with Gasteiger partial charge in [0, 0.05) is 28.0 Å². The van der Waals surface area contributed by atoms with Crippen molar-refractivity contribution in [3.05, 3.63) is 92.5 Å². The van der Waals surface area contributed by atoms with Gasteiger partial charge in [0.25, 0.3) is 0 Å². The van der Waals surface area contributed by atoms with Crippen LogP contribution in [0, 0.1) is 23.7 Å². The molecule has 1 aliphatic carbocycles. The number of pyridine rings is 1. The van der Waals surface area contributed by atoms with Gasteiger partial charge in [-0.1, -0.05) is 54.7 Å². The van der Waals surface area contributed by atoms with Gasteiger partial charge < -0.3 is 5.73 Å². The highest BCUT2D eigenvalue weighted by Gasteiger charge is 2.45. The first-order valence-corrected chi connectivity index (χ1v) is 12.4. The molecule has 0 spiro atoms. The average molecular weight is 518 g/mol. The lowest BCUT2D eigenvalue weighted by Gasteiger charge is -2.43. The van der Waals surface area contributed by atoms with Gasteiger partial charge in [-0.3, -0.25) is 10.2 Å². The van der Waals surface area contributed by atoms with Crippen molar-refractivity contribution in [1.82, 2.24) is 9.99 Å². The van der Waals surface area contributed by atoms with Crippen molar-refractivity contribution in [2.24, 2.45) is 11.1 Å². The summed E-state index contributed by atoms with van der Waals surface area (Å²) in [6, 6.07) is 17.3. The van der Waals surface area contributed by atoms with Gasteiger partial charge in [-0.2, -0.15) is 5.26 Å². The Kier molecular flexibility index (Phi) is 5.94. The van der Waals surface area contributed by atoms with Crippen molar-refractivity contribution in [1.29, 1.82) is 5.26 Å². The number of nitriles is 1. The first kappa shape index (κ1) is 24.2. The van der Waals surface area contributed by atoms with Gasteiger partial charge in [0.1, 0.15) is 11.0 Å². The summed E-state index contributed by atoms with van der Waals surface area (Å²) < 4.78 is 0. The number of carbonyl (C=O) groups excluding carboxylic acids is 1. The second-order valence-electron chi connectivity index (χ2n) is 10.2. The number of aromatic nitrogens is 1. The monoisotopic (exact) mass is 517 g/mol. The number of carbonyl (C=O) groups is 1. The van der Waals surface area contributed by atoms with E-state index in [9.17, 15) is 10.1 Å². The number of nitrogens with two attached hydrogens (primary N) is 1. The molecule has 0 saturated carbocycles. The number of anilines is 1. The number of hydrazine groups is 1. The fraction of sp³-hybridized carbons (Fsp3) is 0.250. The van der Waals surface area contributed by atoms with Crippen LogP contribution in [0.2, 0.25) is 10.2 Å². The minimum Gasteiger partial charge on any atom is -0.383 e. The Hall–Kier alpha value is -3.53. The highest BCUT2D eigenvalue weighted by molar-refractivity contribution is 6.32. The number of nitrogens with one attached hydrogen (secondary N) is 1. The molecule has 1 atom stereocenters. The van der Waals surface area contributed by atoms with Crippen LogP contribution in [0.5, 0.6) is 0 Å². The van der Waals surface area contributed by atoms with E-state index in [0.29, 0.717) is 34.5 Å². The molecular formula is C28H25Cl2N5O. The van der Waals surface area contributed by atoms with Crippen molar-refractivity contribution < 1.29 is 4.79 Å². The van der Waals surface area contributed by atoms with Crippen molar-refractivity contribution in [2.45, 2.75) is 39.5 Å². The zero-order valence-corrected chi connectivity index (χ0v) is 21.7. The Morgan fingerprint density at radius 3 is 2.56 bits per heavy atom. The number of fused-ring (bicyclic) bond motifs is 1. The molecule has 0 radical (unpaired) electrons. The molecule has 1 aromatic heterocycles. The minimum absolute atomic E-state index is 0.0375. The third-order valence-corrected chi connectivity index (χ3v) is 7.28. The summed E-state index contributed by atoms with van der Waals surface area (Å²) in [4.78, 5) is 18.2. The lowest BCUT2D eigenvalue weighted by molar-refractivity contribution is -0.118. The normalized spacial score (nSPS) is 19.4. The highest BCUT2D eigenvalue weighted by atomic mass is 35.5. The molecule has 3 N–H and O–H groups in total. The van der Waals surface area contributed by atoms with Gasteiger partial charge in [-0.05, 0) is 55.2 Å². The van der Waals surface area contributed by atoms with Crippen LogP contribution in [0.1, 0.15) is 43.7 Å². The molecule has 1 aliphatic heterocycles. The van der Waals surface area contributed by atoms with Gasteiger partial charge in [0.15, 0.2) is 5.78 Å². The first-order valence-electron chi connectivity index (χ1n) is 11.6. The summed E-state index contributed by atoms with van der Waals surface area (Å²) >= 11 is 12.9. The van der Waals surface area contributed by atoms with E-state index in [0.717, 1.165) is 22.3 Å². The number of benzene rings is 2. The van der Waals surface area contributed by atoms with Crippen LogP contribution in [0.15, 0.2) is 71.2 Å². The fourth-order valence-corrected chi connectivity index (χ4v) is 5.48. The van der Waals surface area contributed by atoms with Crippen LogP contribution in [-0.2, 0) is 4.79 Å². The molecule has 3 aromatic rings. The predicted molar refractivity (Wildman–Crippen MR) is 143 cm³/mol. The van der Waals surface area contributed by atoms with Crippen molar-refractivity contribution >= 4 is 45.6 Å². The van der Waals surface area contributed by atoms with E-state index < -0.39 is 5.92 Å². The predicted octanol–water partition coefficient (Wildman–Crippen LogP) is 6.61. The molecule has 0 fully saturated rings. The summed E-state index contributed by atoms with van der Waals surface area (Å²) in [5, 5.41) is 13.5. The lowest BCUT2D eigenvalue weighted by Crippen LogP contribution is -2.44. The third kappa shape index (κ3) is 4.19. The number of halogens is 2. The number of rotatable bonds is 3. The van der Waals surface area contributed by atoms with Gasteiger partial charge >= 0.3 is 0 Å². The topological polar surface area (TPSA) is 95.0 Å². The van der Waals surface area contributed by atoms with Crippen LogP contribution in [-0.4, -0.2) is 15.8 Å². The molecular weight excluding hydrogens is 493 g/mol. The number of allylic oxidation sites excluding steroid dienone is 3. The van der Waals surface area contributed by atoms with Crippen LogP contribution >= 0.6 is 23.2 Å². The molecule has 2 aliphatic rings. The number of ketones is 1. The lowest BCUT2D eigenvalue weighted by atomic mass is 9.69. The van der Waals surface area contributed by atoms with E-state index >= 15 is 0 Å². The summed E-state index contributed by atoms with van der Waals surface area (Å²) in [7, 11) is 0. The largest absolute Gasteiger partial charge is 0.383 e. The van der Waals surface area contributed by atoms with Gasteiger partial charge in [0.05, 0.1) is 34.5 Å². The molecule has 36 heavy (non-hydrogen) atoms. The number of nitrogens with zero attached hydrogens (tertiary/aromatic N) is 3. The van der Waals surface area contributed by atoms with Crippen molar-refractivity contribution in [3.8, 4) is 6.07 Å². The number of Topliss-reactive ketones (excluding diaryl/α,β-unsaturated/α-hetero) is 1. The molecule has 6 nitrogen and oxygen atoms in total. The Balaban J connectivity index is 1.73. The van der Waals surface area contributed by atoms with Crippen LogP contribution in [0.25, 0.3) is 10.9 Å². The maximum atomic E-state index is 13.7. The summed E-state index contributed by atoms with van der Waals surface area (Å²) in [5.41, 5.74) is 14.3. The van der Waals surface area contributed by atoms with Gasteiger partial charge in [-0.15, -0.1) is 0 Å². The molecule has 8 heteroatoms. The molecule has 2 aromatic carbocycles. The molecule has 5 rings (SSSR count). The SMILES string of the molecule is Cc1ccc(NN2C(N)=C(C#N)C(c3cc4cc(Cl)ccc4nc3Cl)C3=C2CC(C)(C)CC3=O)cc1. The number of hydrogen-bond donors (Lipinski definition) is 2. The number of aryl methyl sites for hydroxylation is 1. The maximum absolute atomic E-state index is 13.7.